The highest BCUT2D eigenvalue weighted by atomic mass is 32.1. The molecule has 0 saturated heterocycles. The molecule has 4 aromatic rings. The molecule has 0 bridgehead atoms. The van der Waals surface area contributed by atoms with Crippen LogP contribution in [0.2, 0.25) is 0 Å². The van der Waals surface area contributed by atoms with E-state index in [1.807, 2.05) is 47.8 Å². The van der Waals surface area contributed by atoms with Crippen LogP contribution in [0.3, 0.4) is 0 Å². The molecule has 7 nitrogen and oxygen atoms in total. The van der Waals surface area contributed by atoms with Crippen LogP contribution in [0.25, 0.3) is 22.0 Å². The summed E-state index contributed by atoms with van der Waals surface area (Å²) in [5.41, 5.74) is 1.59. The second-order valence-electron chi connectivity index (χ2n) is 5.00. The van der Waals surface area contributed by atoms with Gasteiger partial charge in [-0.2, -0.15) is 4.80 Å². The largest absolute Gasteiger partial charge is 0.496 e. The first-order chi connectivity index (χ1) is 11.8. The second-order valence-corrected chi connectivity index (χ2v) is 5.95. The minimum atomic E-state index is 0.362. The molecule has 3 aromatic heterocycles. The van der Waals surface area contributed by atoms with Gasteiger partial charge in [-0.25, -0.2) is 0 Å². The van der Waals surface area contributed by atoms with Crippen molar-refractivity contribution >= 4 is 11.3 Å². The fourth-order valence-electron chi connectivity index (χ4n) is 2.32. The Bertz CT molecular complexity index is 945. The average Bonchev–Trinajstić information content (AvgIpc) is 3.36. The molecule has 0 spiro atoms. The summed E-state index contributed by atoms with van der Waals surface area (Å²) in [6.45, 7) is 0.362. The van der Waals surface area contributed by atoms with Gasteiger partial charge in [-0.05, 0) is 28.8 Å². The topological polar surface area (TPSA) is 78.9 Å². The number of hydrogen-bond donors (Lipinski definition) is 0. The van der Waals surface area contributed by atoms with E-state index in [4.69, 9.17) is 9.26 Å². The molecule has 0 N–H and O–H groups in total. The van der Waals surface area contributed by atoms with Crippen molar-refractivity contribution in [3.63, 3.8) is 0 Å². The summed E-state index contributed by atoms with van der Waals surface area (Å²) in [4.78, 5) is 2.47. The number of tetrazole rings is 1. The zero-order valence-corrected chi connectivity index (χ0v) is 13.6. The molecular weight excluding hydrogens is 326 g/mol. The van der Waals surface area contributed by atoms with Gasteiger partial charge in [-0.3, -0.25) is 0 Å². The van der Waals surface area contributed by atoms with Crippen molar-refractivity contribution in [2.45, 2.75) is 6.54 Å². The smallest absolute Gasteiger partial charge is 0.214 e. The SMILES string of the molecule is COc1ccccc1-c1cc(Cn2nnc(-c3cccs3)n2)on1. The molecule has 0 atom stereocenters. The van der Waals surface area contributed by atoms with Crippen LogP contribution in [0, 0.1) is 0 Å². The summed E-state index contributed by atoms with van der Waals surface area (Å²) in [5, 5.41) is 18.6. The van der Waals surface area contributed by atoms with Crippen molar-refractivity contribution in [1.82, 2.24) is 25.4 Å². The van der Waals surface area contributed by atoms with Gasteiger partial charge in [-0.15, -0.1) is 21.5 Å². The summed E-state index contributed by atoms with van der Waals surface area (Å²) in [5.74, 6) is 2.00. The average molecular weight is 339 g/mol. The first-order valence-corrected chi connectivity index (χ1v) is 8.12. The van der Waals surface area contributed by atoms with E-state index in [0.717, 1.165) is 16.2 Å². The van der Waals surface area contributed by atoms with Crippen molar-refractivity contribution in [1.29, 1.82) is 0 Å². The molecule has 3 heterocycles. The summed E-state index contributed by atoms with van der Waals surface area (Å²) in [7, 11) is 1.63. The number of aromatic nitrogens is 5. The van der Waals surface area contributed by atoms with Crippen LogP contribution in [0.4, 0.5) is 0 Å². The lowest BCUT2D eigenvalue weighted by atomic mass is 10.1. The summed E-state index contributed by atoms with van der Waals surface area (Å²) >= 11 is 1.57. The number of methoxy groups -OCH3 is 1. The summed E-state index contributed by atoms with van der Waals surface area (Å²) < 4.78 is 10.7. The first kappa shape index (κ1) is 14.6. The highest BCUT2D eigenvalue weighted by molar-refractivity contribution is 7.13. The van der Waals surface area contributed by atoms with Crippen LogP contribution in [0.15, 0.2) is 52.4 Å². The molecule has 0 amide bonds. The van der Waals surface area contributed by atoms with Crippen LogP contribution >= 0.6 is 11.3 Å². The maximum Gasteiger partial charge on any atom is 0.214 e. The van der Waals surface area contributed by atoms with E-state index in [1.54, 1.807) is 18.4 Å². The van der Waals surface area contributed by atoms with Crippen molar-refractivity contribution in [3.05, 3.63) is 53.6 Å². The monoisotopic (exact) mass is 339 g/mol. The zero-order valence-electron chi connectivity index (χ0n) is 12.8. The fourth-order valence-corrected chi connectivity index (χ4v) is 2.97. The van der Waals surface area contributed by atoms with Crippen LogP contribution in [-0.2, 0) is 6.54 Å². The zero-order chi connectivity index (χ0) is 16.4. The normalized spacial score (nSPS) is 10.9. The number of nitrogens with zero attached hydrogens (tertiary/aromatic N) is 5. The van der Waals surface area contributed by atoms with E-state index in [0.29, 0.717) is 23.8 Å². The second kappa shape index (κ2) is 6.25. The lowest BCUT2D eigenvalue weighted by Gasteiger charge is -2.03. The van der Waals surface area contributed by atoms with Crippen molar-refractivity contribution in [2.24, 2.45) is 0 Å². The quantitative estimate of drug-likeness (QED) is 0.556. The van der Waals surface area contributed by atoms with E-state index in [9.17, 15) is 0 Å². The maximum atomic E-state index is 5.39. The predicted molar refractivity (Wildman–Crippen MR) is 88.7 cm³/mol. The van der Waals surface area contributed by atoms with Crippen molar-refractivity contribution < 1.29 is 9.26 Å². The van der Waals surface area contributed by atoms with Gasteiger partial charge in [0.1, 0.15) is 18.0 Å². The third-order valence-corrected chi connectivity index (χ3v) is 4.30. The third-order valence-electron chi connectivity index (χ3n) is 3.43. The minimum absolute atomic E-state index is 0.362. The number of rotatable bonds is 5. The standard InChI is InChI=1S/C16H13N5O2S/c1-22-14-6-3-2-5-12(14)13-9-11(23-19-13)10-21-18-16(17-20-21)15-7-4-8-24-15/h2-9H,10H2,1H3. The van der Waals surface area contributed by atoms with Crippen molar-refractivity contribution in [3.8, 4) is 27.7 Å². The van der Waals surface area contributed by atoms with E-state index < -0.39 is 0 Å². The number of hydrogen-bond acceptors (Lipinski definition) is 7. The summed E-state index contributed by atoms with van der Waals surface area (Å²) in [6.07, 6.45) is 0. The number of ether oxygens (including phenoxy) is 1. The fraction of sp³-hybridized carbons (Fsp3) is 0.125. The Balaban J connectivity index is 1.55. The molecule has 0 unspecified atom stereocenters. The Morgan fingerprint density at radius 3 is 2.96 bits per heavy atom. The highest BCUT2D eigenvalue weighted by Crippen LogP contribution is 2.29. The maximum absolute atomic E-state index is 5.39. The lowest BCUT2D eigenvalue weighted by molar-refractivity contribution is 0.363. The van der Waals surface area contributed by atoms with E-state index >= 15 is 0 Å². The predicted octanol–water partition coefficient (Wildman–Crippen LogP) is 3.11. The molecule has 0 radical (unpaired) electrons. The number of para-hydroxylation sites is 1. The highest BCUT2D eigenvalue weighted by Gasteiger charge is 2.13. The lowest BCUT2D eigenvalue weighted by Crippen LogP contribution is -2.02. The van der Waals surface area contributed by atoms with Gasteiger partial charge >= 0.3 is 0 Å². The number of thiophene rings is 1. The molecule has 24 heavy (non-hydrogen) atoms. The van der Waals surface area contributed by atoms with Crippen LogP contribution in [-0.4, -0.2) is 32.5 Å². The van der Waals surface area contributed by atoms with Gasteiger partial charge in [0.2, 0.25) is 5.82 Å². The molecule has 120 valence electrons. The van der Waals surface area contributed by atoms with Crippen LogP contribution in [0.5, 0.6) is 5.75 Å². The molecule has 0 fully saturated rings. The summed E-state index contributed by atoms with van der Waals surface area (Å²) in [6, 6.07) is 13.4. The van der Waals surface area contributed by atoms with Gasteiger partial charge in [0.15, 0.2) is 5.76 Å². The van der Waals surface area contributed by atoms with Crippen LogP contribution in [0.1, 0.15) is 5.76 Å². The molecule has 0 saturated carbocycles. The molecule has 0 aliphatic carbocycles. The van der Waals surface area contributed by atoms with Crippen molar-refractivity contribution in [2.75, 3.05) is 7.11 Å². The molecule has 4 rings (SSSR count). The van der Waals surface area contributed by atoms with Gasteiger partial charge < -0.3 is 9.26 Å². The van der Waals surface area contributed by atoms with Gasteiger partial charge in [0.05, 0.1) is 12.0 Å². The van der Waals surface area contributed by atoms with E-state index in [2.05, 4.69) is 20.6 Å². The Morgan fingerprint density at radius 2 is 2.12 bits per heavy atom. The molecule has 0 aliphatic heterocycles. The van der Waals surface area contributed by atoms with Gasteiger partial charge in [0.25, 0.3) is 0 Å². The third kappa shape index (κ3) is 2.79. The Morgan fingerprint density at radius 1 is 1.21 bits per heavy atom. The molecular formula is C16H13N5O2S. The molecule has 0 aliphatic rings. The Labute approximate surface area is 141 Å². The van der Waals surface area contributed by atoms with Crippen LogP contribution < -0.4 is 4.74 Å². The van der Waals surface area contributed by atoms with Gasteiger partial charge in [-0.1, -0.05) is 23.4 Å². The number of benzene rings is 1. The minimum Gasteiger partial charge on any atom is -0.496 e. The first-order valence-electron chi connectivity index (χ1n) is 7.24. The Hall–Kier alpha value is -3.00. The van der Waals surface area contributed by atoms with E-state index in [-0.39, 0.29) is 0 Å². The molecule has 1 aromatic carbocycles. The Kier molecular flexibility index (Phi) is 3.80. The molecule has 8 heteroatoms. The van der Waals surface area contributed by atoms with Gasteiger partial charge in [0, 0.05) is 11.6 Å². The van der Waals surface area contributed by atoms with E-state index in [1.165, 1.54) is 4.80 Å².